The number of carbonyl (C=O) groups is 2. The maximum atomic E-state index is 13.3. The normalized spacial score (nSPS) is 17.8. The summed E-state index contributed by atoms with van der Waals surface area (Å²) >= 11 is 5.23. The van der Waals surface area contributed by atoms with Gasteiger partial charge in [-0.25, -0.2) is 0 Å². The van der Waals surface area contributed by atoms with Crippen LogP contribution in [0.15, 0.2) is 57.9 Å². The predicted octanol–water partition coefficient (Wildman–Crippen LogP) is 4.83. The fraction of sp³-hybridized carbons (Fsp3) is 0.364. The van der Waals surface area contributed by atoms with Crippen molar-refractivity contribution in [1.82, 2.24) is 4.90 Å². The summed E-state index contributed by atoms with van der Waals surface area (Å²) in [6.45, 7) is 2.05. The Bertz CT molecular complexity index is 863. The molecule has 2 aliphatic heterocycles. The molecule has 1 saturated heterocycles. The van der Waals surface area contributed by atoms with Crippen molar-refractivity contribution in [3.63, 3.8) is 0 Å². The van der Waals surface area contributed by atoms with Crippen LogP contribution in [0.2, 0.25) is 0 Å². The van der Waals surface area contributed by atoms with Gasteiger partial charge in [0.25, 0.3) is 5.91 Å². The van der Waals surface area contributed by atoms with Crippen molar-refractivity contribution in [2.45, 2.75) is 24.2 Å². The molecule has 6 heteroatoms. The highest BCUT2D eigenvalue weighted by Gasteiger charge is 2.32. The van der Waals surface area contributed by atoms with Gasteiger partial charge in [-0.05, 0) is 61.4 Å². The zero-order valence-electron chi connectivity index (χ0n) is 15.6. The number of carbonyl (C=O) groups excluding carboxylic acids is 2. The number of thioether (sulfide) groups is 1. The van der Waals surface area contributed by atoms with Gasteiger partial charge >= 0.3 is 0 Å². The number of hydrogen-bond donors (Lipinski definition) is 0. The van der Waals surface area contributed by atoms with E-state index in [1.54, 1.807) is 0 Å². The molecule has 4 rings (SSSR count). The monoisotopic (exact) mass is 458 g/mol. The van der Waals surface area contributed by atoms with Gasteiger partial charge in [0.2, 0.25) is 5.91 Å². The van der Waals surface area contributed by atoms with Gasteiger partial charge in [-0.2, -0.15) is 0 Å². The predicted molar refractivity (Wildman–Crippen MR) is 117 cm³/mol. The Balaban J connectivity index is 1.42. The molecule has 2 heterocycles. The van der Waals surface area contributed by atoms with Crippen molar-refractivity contribution >= 4 is 45.2 Å². The SMILES string of the molecule is O=C(c1ccc(Br)cc1)N1CCC(C(=O)N2CCCSc3ccccc32)CC1. The van der Waals surface area contributed by atoms with E-state index in [0.717, 1.165) is 41.7 Å². The van der Waals surface area contributed by atoms with Crippen LogP contribution < -0.4 is 4.90 Å². The molecule has 2 aliphatic rings. The summed E-state index contributed by atoms with van der Waals surface area (Å²) in [7, 11) is 0. The Hall–Kier alpha value is -1.79. The van der Waals surface area contributed by atoms with Gasteiger partial charge in [-0.1, -0.05) is 28.1 Å². The minimum Gasteiger partial charge on any atom is -0.339 e. The Morgan fingerprint density at radius 1 is 0.964 bits per heavy atom. The number of likely N-dealkylation sites (tertiary alicyclic amines) is 1. The fourth-order valence-corrected chi connectivity index (χ4v) is 5.14. The standard InChI is InChI=1S/C22H23BrN2O2S/c23-18-8-6-16(7-9-18)21(26)24-13-10-17(11-14-24)22(27)25-12-3-15-28-20-5-2-1-4-19(20)25/h1-2,4-9,17H,3,10-15H2. The highest BCUT2D eigenvalue weighted by molar-refractivity contribution is 9.10. The molecule has 2 aromatic carbocycles. The van der Waals surface area contributed by atoms with E-state index in [1.807, 2.05) is 58.0 Å². The zero-order chi connectivity index (χ0) is 19.5. The van der Waals surface area contributed by atoms with E-state index >= 15 is 0 Å². The van der Waals surface area contributed by atoms with E-state index in [4.69, 9.17) is 0 Å². The van der Waals surface area contributed by atoms with Crippen molar-refractivity contribution in [3.8, 4) is 0 Å². The minimum atomic E-state index is -0.00914. The van der Waals surface area contributed by atoms with Crippen LogP contribution >= 0.6 is 27.7 Å². The summed E-state index contributed by atoms with van der Waals surface area (Å²) in [5.41, 5.74) is 1.75. The molecule has 0 bridgehead atoms. The number of para-hydroxylation sites is 1. The third kappa shape index (κ3) is 4.13. The molecule has 2 aromatic rings. The Morgan fingerprint density at radius 2 is 1.68 bits per heavy atom. The van der Waals surface area contributed by atoms with Crippen LogP contribution in [0.5, 0.6) is 0 Å². The van der Waals surface area contributed by atoms with Crippen molar-refractivity contribution in [2.75, 3.05) is 30.3 Å². The molecule has 0 spiro atoms. The summed E-state index contributed by atoms with van der Waals surface area (Å²) in [4.78, 5) is 31.0. The molecule has 0 unspecified atom stereocenters. The number of amides is 2. The molecule has 0 N–H and O–H groups in total. The molecule has 0 radical (unpaired) electrons. The van der Waals surface area contributed by atoms with Gasteiger partial charge in [-0.3, -0.25) is 9.59 Å². The number of halogens is 1. The second-order valence-corrected chi connectivity index (χ2v) is 9.29. The summed E-state index contributed by atoms with van der Waals surface area (Å²) in [5.74, 6) is 1.30. The number of fused-ring (bicyclic) bond motifs is 1. The molecule has 146 valence electrons. The van der Waals surface area contributed by atoms with Crippen molar-refractivity contribution < 1.29 is 9.59 Å². The van der Waals surface area contributed by atoms with Crippen LogP contribution in [0.3, 0.4) is 0 Å². The van der Waals surface area contributed by atoms with Gasteiger partial charge in [0.1, 0.15) is 0 Å². The van der Waals surface area contributed by atoms with Crippen molar-refractivity contribution in [3.05, 3.63) is 58.6 Å². The van der Waals surface area contributed by atoms with Gasteiger partial charge < -0.3 is 9.80 Å². The maximum Gasteiger partial charge on any atom is 0.253 e. The van der Waals surface area contributed by atoms with Crippen molar-refractivity contribution in [1.29, 1.82) is 0 Å². The first-order chi connectivity index (χ1) is 13.6. The molecule has 0 atom stereocenters. The molecule has 2 amide bonds. The van der Waals surface area contributed by atoms with E-state index in [9.17, 15) is 9.59 Å². The molecule has 1 fully saturated rings. The van der Waals surface area contributed by atoms with Crippen LogP contribution in [-0.4, -0.2) is 42.1 Å². The van der Waals surface area contributed by atoms with Crippen LogP contribution in [0.4, 0.5) is 5.69 Å². The summed E-state index contributed by atoms with van der Waals surface area (Å²) in [6, 6.07) is 15.7. The van der Waals surface area contributed by atoms with E-state index in [-0.39, 0.29) is 17.7 Å². The quantitative estimate of drug-likeness (QED) is 0.646. The Labute approximate surface area is 178 Å². The van der Waals surface area contributed by atoms with E-state index in [1.165, 1.54) is 4.90 Å². The molecule has 0 aromatic heterocycles. The first kappa shape index (κ1) is 19.5. The first-order valence-electron chi connectivity index (χ1n) is 9.71. The largest absolute Gasteiger partial charge is 0.339 e. The number of nitrogens with zero attached hydrogens (tertiary/aromatic N) is 2. The average molecular weight is 459 g/mol. The van der Waals surface area contributed by atoms with E-state index < -0.39 is 0 Å². The molecular weight excluding hydrogens is 436 g/mol. The number of anilines is 1. The minimum absolute atomic E-state index is 0.00914. The molecular formula is C22H23BrN2O2S. The Morgan fingerprint density at radius 3 is 2.43 bits per heavy atom. The Kier molecular flexibility index (Phi) is 6.07. The van der Waals surface area contributed by atoms with Gasteiger partial charge in [-0.15, -0.1) is 11.8 Å². The maximum absolute atomic E-state index is 13.3. The highest BCUT2D eigenvalue weighted by atomic mass is 79.9. The molecule has 4 nitrogen and oxygen atoms in total. The molecule has 0 saturated carbocycles. The lowest BCUT2D eigenvalue weighted by molar-refractivity contribution is -0.123. The lowest BCUT2D eigenvalue weighted by atomic mass is 9.94. The van der Waals surface area contributed by atoms with Crippen LogP contribution in [0, 0.1) is 5.92 Å². The first-order valence-corrected chi connectivity index (χ1v) is 11.5. The fourth-order valence-electron chi connectivity index (χ4n) is 3.88. The molecule has 28 heavy (non-hydrogen) atoms. The molecule has 0 aliphatic carbocycles. The van der Waals surface area contributed by atoms with Gasteiger partial charge in [0.15, 0.2) is 0 Å². The second-order valence-electron chi connectivity index (χ2n) is 7.23. The van der Waals surface area contributed by atoms with E-state index in [0.29, 0.717) is 18.7 Å². The number of benzene rings is 2. The van der Waals surface area contributed by atoms with E-state index in [2.05, 4.69) is 28.1 Å². The van der Waals surface area contributed by atoms with Gasteiger partial charge in [0.05, 0.1) is 5.69 Å². The summed E-state index contributed by atoms with van der Waals surface area (Å²) in [5, 5.41) is 0. The number of piperidine rings is 1. The number of hydrogen-bond acceptors (Lipinski definition) is 3. The summed E-state index contributed by atoms with van der Waals surface area (Å²) < 4.78 is 0.962. The highest BCUT2D eigenvalue weighted by Crippen LogP contribution is 2.35. The summed E-state index contributed by atoms with van der Waals surface area (Å²) in [6.07, 6.45) is 2.46. The third-order valence-electron chi connectivity index (χ3n) is 5.43. The van der Waals surface area contributed by atoms with Crippen LogP contribution in [0.1, 0.15) is 29.6 Å². The topological polar surface area (TPSA) is 40.6 Å². The average Bonchev–Trinajstić information content (AvgIpc) is 2.96. The number of rotatable bonds is 2. The van der Waals surface area contributed by atoms with Crippen LogP contribution in [0.25, 0.3) is 0 Å². The third-order valence-corrected chi connectivity index (χ3v) is 7.11. The lowest BCUT2D eigenvalue weighted by Gasteiger charge is -2.34. The van der Waals surface area contributed by atoms with Crippen molar-refractivity contribution in [2.24, 2.45) is 5.92 Å². The van der Waals surface area contributed by atoms with Gasteiger partial charge in [0, 0.05) is 40.5 Å². The smallest absolute Gasteiger partial charge is 0.253 e. The second kappa shape index (κ2) is 8.70. The van der Waals surface area contributed by atoms with Crippen LogP contribution in [-0.2, 0) is 4.79 Å². The zero-order valence-corrected chi connectivity index (χ0v) is 18.0. The lowest BCUT2D eigenvalue weighted by Crippen LogP contribution is -2.44.